The highest BCUT2D eigenvalue weighted by Gasteiger charge is 1.87. The summed E-state index contributed by atoms with van der Waals surface area (Å²) < 4.78 is 22.1. The van der Waals surface area contributed by atoms with E-state index in [0.717, 1.165) is 6.54 Å². The molecule has 0 heterocycles. The highest BCUT2D eigenvalue weighted by atomic mass is 32.2. The van der Waals surface area contributed by atoms with Gasteiger partial charge in [0.15, 0.2) is 0 Å². The van der Waals surface area contributed by atoms with Gasteiger partial charge in [-0.2, -0.15) is 0 Å². The van der Waals surface area contributed by atoms with Gasteiger partial charge in [0.05, 0.1) is 0 Å². The Hall–Kier alpha value is -0.130. The molecule has 0 fully saturated rings. The van der Waals surface area contributed by atoms with Gasteiger partial charge in [-0.25, -0.2) is 13.1 Å². The zero-order valence-corrected chi connectivity index (χ0v) is 6.52. The second-order valence-corrected chi connectivity index (χ2v) is 2.80. The Labute approximate surface area is 56.9 Å². The average Bonchev–Trinajstić information content (AvgIpc) is 1.63. The molecule has 4 nitrogen and oxygen atoms in total. The molecule has 0 saturated carbocycles. The summed E-state index contributed by atoms with van der Waals surface area (Å²) in [4.78, 5) is 1.91. The maximum Gasteiger partial charge on any atom is 0.201 e. The summed E-state index contributed by atoms with van der Waals surface area (Å²) in [5, 5.41) is 0. The molecule has 5 heteroatoms. The zero-order chi connectivity index (χ0) is 7.28. The molecular weight excluding hydrogens is 140 g/mol. The molecule has 0 aliphatic heterocycles. The van der Waals surface area contributed by atoms with Crippen LogP contribution in [0.3, 0.4) is 0 Å². The van der Waals surface area contributed by atoms with Crippen molar-refractivity contribution in [3.05, 3.63) is 0 Å². The van der Waals surface area contributed by atoms with Gasteiger partial charge in [0, 0.05) is 13.1 Å². The van der Waals surface area contributed by atoms with Gasteiger partial charge in [0.25, 0.3) is 0 Å². The molecule has 0 aliphatic rings. The molecule has 0 aromatic carbocycles. The zero-order valence-electron chi connectivity index (χ0n) is 5.63. The van der Waals surface area contributed by atoms with Crippen molar-refractivity contribution in [1.82, 2.24) is 9.62 Å². The molecule has 0 aromatic rings. The molecular formula is C4H12N2O2S. The van der Waals surface area contributed by atoms with Gasteiger partial charge in [-0.1, -0.05) is 0 Å². The number of nitrogens with one attached hydrogen (secondary N) is 1. The molecule has 0 rings (SSSR count). The van der Waals surface area contributed by atoms with E-state index in [1.807, 2.05) is 19.0 Å². The quantitative estimate of drug-likeness (QED) is 0.490. The fraction of sp³-hybridized carbons (Fsp3) is 1.00. The van der Waals surface area contributed by atoms with Crippen LogP contribution in [-0.2, 0) is 10.9 Å². The first-order valence-electron chi connectivity index (χ1n) is 2.65. The maximum absolute atomic E-state index is 9.89. The Kier molecular flexibility index (Phi) is 4.65. The molecule has 0 radical (unpaired) electrons. The number of thiol groups is 1. The van der Waals surface area contributed by atoms with E-state index in [1.165, 1.54) is 0 Å². The maximum atomic E-state index is 9.89. The minimum Gasteiger partial charge on any atom is -0.308 e. The van der Waals surface area contributed by atoms with E-state index in [1.54, 1.807) is 0 Å². The molecule has 0 atom stereocenters. The van der Waals surface area contributed by atoms with Crippen molar-refractivity contribution in [2.45, 2.75) is 0 Å². The second-order valence-electron chi connectivity index (χ2n) is 1.97. The minimum atomic E-state index is -2.41. The Balaban J connectivity index is 3.10. The second kappa shape index (κ2) is 4.72. The third kappa shape index (κ3) is 7.87. The predicted octanol–water partition coefficient (Wildman–Crippen LogP) is -1.34. The van der Waals surface area contributed by atoms with Gasteiger partial charge in [-0.3, -0.25) is 0 Å². The monoisotopic (exact) mass is 152 g/mol. The molecule has 0 aliphatic carbocycles. The number of nitrogens with zero attached hydrogens (tertiary/aromatic N) is 1. The Morgan fingerprint density at radius 2 is 2.00 bits per heavy atom. The average molecular weight is 152 g/mol. The summed E-state index contributed by atoms with van der Waals surface area (Å²) in [6.07, 6.45) is 0. The van der Waals surface area contributed by atoms with Crippen LogP contribution >= 0.6 is 0 Å². The number of hydrogen-bond donors (Lipinski definition) is 2. The van der Waals surface area contributed by atoms with Crippen LogP contribution in [-0.4, -0.2) is 40.5 Å². The molecule has 0 saturated heterocycles. The van der Waals surface area contributed by atoms with Crippen molar-refractivity contribution in [3.63, 3.8) is 0 Å². The minimum absolute atomic E-state index is 0.492. The summed E-state index contributed by atoms with van der Waals surface area (Å²) in [5.41, 5.74) is 0. The van der Waals surface area contributed by atoms with E-state index in [0.29, 0.717) is 6.54 Å². The van der Waals surface area contributed by atoms with Crippen molar-refractivity contribution in [1.29, 1.82) is 0 Å². The first-order chi connectivity index (χ1) is 4.13. The van der Waals surface area contributed by atoms with Crippen molar-refractivity contribution in [2.24, 2.45) is 0 Å². The standard InChI is InChI=1S/C4H12N2O2S/c1-6(2)4-3-5-9(7)8/h9H,3-4H2,1-2H3,(H,5,7,8). The Morgan fingerprint density at radius 1 is 1.44 bits per heavy atom. The summed E-state index contributed by atoms with van der Waals surface area (Å²) in [6, 6.07) is 0. The highest BCUT2D eigenvalue weighted by molar-refractivity contribution is 7.70. The lowest BCUT2D eigenvalue weighted by Gasteiger charge is -2.06. The van der Waals surface area contributed by atoms with Crippen molar-refractivity contribution >= 4 is 10.9 Å². The van der Waals surface area contributed by atoms with Gasteiger partial charge >= 0.3 is 0 Å². The van der Waals surface area contributed by atoms with Gasteiger partial charge in [-0.15, -0.1) is 0 Å². The van der Waals surface area contributed by atoms with Gasteiger partial charge in [0.2, 0.25) is 10.9 Å². The Bertz CT molecular complexity index is 125. The van der Waals surface area contributed by atoms with Gasteiger partial charge in [-0.05, 0) is 14.1 Å². The molecule has 0 aromatic heterocycles. The van der Waals surface area contributed by atoms with Crippen LogP contribution in [0.1, 0.15) is 0 Å². The molecule has 1 N–H and O–H groups in total. The van der Waals surface area contributed by atoms with Gasteiger partial charge < -0.3 is 4.90 Å². The van der Waals surface area contributed by atoms with E-state index in [9.17, 15) is 8.42 Å². The first-order valence-corrected chi connectivity index (χ1v) is 3.83. The lowest BCUT2D eigenvalue weighted by Crippen LogP contribution is -2.25. The van der Waals surface area contributed by atoms with Crippen LogP contribution in [0.5, 0.6) is 0 Å². The number of likely N-dealkylation sites (N-methyl/N-ethyl adjacent to an activating group) is 1. The first kappa shape index (κ1) is 8.87. The largest absolute Gasteiger partial charge is 0.308 e. The van der Waals surface area contributed by atoms with Crippen molar-refractivity contribution in [3.8, 4) is 0 Å². The van der Waals surface area contributed by atoms with E-state index in [-0.39, 0.29) is 0 Å². The van der Waals surface area contributed by atoms with Crippen LogP contribution in [0.4, 0.5) is 0 Å². The molecule has 0 unspecified atom stereocenters. The normalized spacial score (nSPS) is 11.1. The van der Waals surface area contributed by atoms with Crippen molar-refractivity contribution in [2.75, 3.05) is 27.2 Å². The summed E-state index contributed by atoms with van der Waals surface area (Å²) in [6.45, 7) is 1.23. The fourth-order valence-corrected chi connectivity index (χ4v) is 0.647. The summed E-state index contributed by atoms with van der Waals surface area (Å²) in [7, 11) is 1.37. The lowest BCUT2D eigenvalue weighted by atomic mass is 10.6. The van der Waals surface area contributed by atoms with Crippen LogP contribution < -0.4 is 4.72 Å². The van der Waals surface area contributed by atoms with Crippen LogP contribution in [0.2, 0.25) is 0 Å². The Morgan fingerprint density at radius 3 is 2.33 bits per heavy atom. The molecule has 0 bridgehead atoms. The lowest BCUT2D eigenvalue weighted by molar-refractivity contribution is 0.413. The fourth-order valence-electron chi connectivity index (χ4n) is 0.365. The molecule has 9 heavy (non-hydrogen) atoms. The van der Waals surface area contributed by atoms with E-state index >= 15 is 0 Å². The van der Waals surface area contributed by atoms with E-state index in [4.69, 9.17) is 0 Å². The topological polar surface area (TPSA) is 49.4 Å². The molecule has 56 valence electrons. The number of rotatable bonds is 4. The van der Waals surface area contributed by atoms with E-state index < -0.39 is 10.9 Å². The molecule has 0 spiro atoms. The predicted molar refractivity (Wildman–Crippen MR) is 36.9 cm³/mol. The van der Waals surface area contributed by atoms with Crippen LogP contribution in [0.25, 0.3) is 0 Å². The number of hydrogen-bond acceptors (Lipinski definition) is 3. The van der Waals surface area contributed by atoms with Crippen molar-refractivity contribution < 1.29 is 8.42 Å². The summed E-state index contributed by atoms with van der Waals surface area (Å²) in [5.74, 6) is 0. The smallest absolute Gasteiger partial charge is 0.201 e. The third-order valence-corrected chi connectivity index (χ3v) is 1.28. The SMILES string of the molecule is CN(C)CCN[SH](=O)=O. The third-order valence-electron chi connectivity index (χ3n) is 0.800. The highest BCUT2D eigenvalue weighted by Crippen LogP contribution is 1.68. The molecule has 0 amide bonds. The van der Waals surface area contributed by atoms with E-state index in [2.05, 4.69) is 4.72 Å². The van der Waals surface area contributed by atoms with Crippen LogP contribution in [0.15, 0.2) is 0 Å². The van der Waals surface area contributed by atoms with Gasteiger partial charge in [0.1, 0.15) is 0 Å². The van der Waals surface area contributed by atoms with Crippen LogP contribution in [0, 0.1) is 0 Å². The summed E-state index contributed by atoms with van der Waals surface area (Å²) >= 11 is 0.